The number of nitrogens with zero attached hydrogens (tertiary/aromatic N) is 1. The number of carbonyl (C=O) groups is 1. The van der Waals surface area contributed by atoms with Gasteiger partial charge in [0.1, 0.15) is 4.32 Å². The third-order valence-corrected chi connectivity index (χ3v) is 5.10. The van der Waals surface area contributed by atoms with Gasteiger partial charge in [-0.15, -0.1) is 0 Å². The van der Waals surface area contributed by atoms with E-state index in [1.165, 1.54) is 6.07 Å². The summed E-state index contributed by atoms with van der Waals surface area (Å²) in [7, 11) is -4.18. The molecule has 1 aromatic rings. The van der Waals surface area contributed by atoms with Crippen LogP contribution in [-0.2, 0) is 14.9 Å². The number of carbonyl (C=O) groups excluding carboxylic acids is 1. The van der Waals surface area contributed by atoms with Crippen molar-refractivity contribution in [2.45, 2.75) is 6.92 Å². The summed E-state index contributed by atoms with van der Waals surface area (Å²) >= 11 is 6.11. The van der Waals surface area contributed by atoms with Crippen molar-refractivity contribution < 1.29 is 27.6 Å². The van der Waals surface area contributed by atoms with Gasteiger partial charge in [0.25, 0.3) is 16.0 Å². The highest BCUT2D eigenvalue weighted by atomic mass is 32.2. The molecule has 0 aromatic heterocycles. The molecule has 0 spiro atoms. The summed E-state index contributed by atoms with van der Waals surface area (Å²) in [5.41, 5.74) is 0.631. The molecule has 7 nitrogen and oxygen atoms in total. The Kier molecular flexibility index (Phi) is 5.86. The first-order valence-corrected chi connectivity index (χ1v) is 9.71. The molecule has 2 N–H and O–H groups in total. The minimum absolute atomic E-state index is 0.00491. The summed E-state index contributed by atoms with van der Waals surface area (Å²) in [6, 6.07) is 4.65. The maximum Gasteiger partial charge on any atom is 0.266 e. The molecule has 2 rings (SSSR count). The van der Waals surface area contributed by atoms with Crippen LogP contribution in [0, 0.1) is 0 Å². The second-order valence-electron chi connectivity index (χ2n) is 4.78. The normalized spacial score (nSPS) is 16.9. The zero-order valence-corrected chi connectivity index (χ0v) is 15.1. The van der Waals surface area contributed by atoms with Gasteiger partial charge < -0.3 is 9.84 Å². The zero-order chi connectivity index (χ0) is 17.9. The summed E-state index contributed by atoms with van der Waals surface area (Å²) in [4.78, 5) is 13.8. The van der Waals surface area contributed by atoms with Crippen molar-refractivity contribution >= 4 is 50.4 Å². The molecular formula is C14H15NO6S3. The maximum atomic E-state index is 12.3. The van der Waals surface area contributed by atoms with Crippen LogP contribution in [-0.4, -0.2) is 52.1 Å². The summed E-state index contributed by atoms with van der Waals surface area (Å²) in [5.74, 6) is -0.720. The van der Waals surface area contributed by atoms with Crippen molar-refractivity contribution in [1.82, 2.24) is 4.90 Å². The Morgan fingerprint density at radius 2 is 2.12 bits per heavy atom. The van der Waals surface area contributed by atoms with Gasteiger partial charge in [0.2, 0.25) is 0 Å². The van der Waals surface area contributed by atoms with Gasteiger partial charge in [-0.2, -0.15) is 8.42 Å². The van der Waals surface area contributed by atoms with Crippen LogP contribution in [0.15, 0.2) is 23.1 Å². The molecule has 0 saturated carbocycles. The van der Waals surface area contributed by atoms with E-state index >= 15 is 0 Å². The summed E-state index contributed by atoms with van der Waals surface area (Å²) < 4.78 is 35.9. The fraction of sp³-hybridized carbons (Fsp3) is 0.286. The van der Waals surface area contributed by atoms with Crippen LogP contribution in [0.4, 0.5) is 0 Å². The number of hydrogen-bond acceptors (Lipinski definition) is 7. The van der Waals surface area contributed by atoms with Gasteiger partial charge >= 0.3 is 0 Å². The lowest BCUT2D eigenvalue weighted by atomic mass is 10.2. The molecule has 1 aliphatic rings. The predicted molar refractivity (Wildman–Crippen MR) is 95.6 cm³/mol. The average Bonchev–Trinajstić information content (AvgIpc) is 2.74. The molecule has 0 aliphatic carbocycles. The molecule has 0 radical (unpaired) electrons. The van der Waals surface area contributed by atoms with Gasteiger partial charge in [-0.05, 0) is 30.7 Å². The lowest BCUT2D eigenvalue weighted by Crippen LogP contribution is -2.32. The quantitative estimate of drug-likeness (QED) is 0.432. The summed E-state index contributed by atoms with van der Waals surface area (Å²) in [5, 5.41) is 9.68. The minimum atomic E-state index is -4.18. The number of rotatable bonds is 6. The van der Waals surface area contributed by atoms with Crippen LogP contribution in [0.1, 0.15) is 12.5 Å². The van der Waals surface area contributed by atoms with Gasteiger partial charge in [-0.1, -0.05) is 30.0 Å². The average molecular weight is 389 g/mol. The highest BCUT2D eigenvalue weighted by Gasteiger charge is 2.32. The van der Waals surface area contributed by atoms with Gasteiger partial charge in [0.15, 0.2) is 11.5 Å². The van der Waals surface area contributed by atoms with E-state index in [9.17, 15) is 18.3 Å². The molecule has 0 bridgehead atoms. The van der Waals surface area contributed by atoms with E-state index in [-0.39, 0.29) is 16.6 Å². The van der Waals surface area contributed by atoms with Gasteiger partial charge in [0.05, 0.1) is 17.3 Å². The first-order chi connectivity index (χ1) is 11.2. The largest absolute Gasteiger partial charge is 0.504 e. The van der Waals surface area contributed by atoms with Crippen LogP contribution in [0.25, 0.3) is 6.08 Å². The summed E-state index contributed by atoms with van der Waals surface area (Å²) in [6.45, 7) is 1.96. The number of ether oxygens (including phenoxy) is 1. The number of phenolic OH excluding ortho intramolecular Hbond substituents is 1. The van der Waals surface area contributed by atoms with E-state index in [1.54, 1.807) is 25.1 Å². The number of hydrogen-bond donors (Lipinski definition) is 2. The lowest BCUT2D eigenvalue weighted by Gasteiger charge is -2.12. The Morgan fingerprint density at radius 1 is 1.42 bits per heavy atom. The van der Waals surface area contributed by atoms with E-state index in [0.29, 0.717) is 22.8 Å². The van der Waals surface area contributed by atoms with Crippen molar-refractivity contribution in [2.24, 2.45) is 0 Å². The predicted octanol–water partition coefficient (Wildman–Crippen LogP) is 1.88. The molecule has 1 saturated heterocycles. The number of phenols is 1. The Bertz CT molecular complexity index is 803. The molecule has 1 fully saturated rings. The molecule has 10 heteroatoms. The Morgan fingerprint density at radius 3 is 2.75 bits per heavy atom. The van der Waals surface area contributed by atoms with E-state index in [4.69, 9.17) is 21.5 Å². The van der Waals surface area contributed by atoms with Crippen LogP contribution in [0.2, 0.25) is 0 Å². The van der Waals surface area contributed by atoms with E-state index in [0.717, 1.165) is 16.7 Å². The smallest absolute Gasteiger partial charge is 0.266 e. The van der Waals surface area contributed by atoms with Crippen LogP contribution >= 0.6 is 24.0 Å². The van der Waals surface area contributed by atoms with Crippen LogP contribution < -0.4 is 4.74 Å². The van der Waals surface area contributed by atoms with Crippen molar-refractivity contribution in [3.63, 3.8) is 0 Å². The molecule has 24 heavy (non-hydrogen) atoms. The second kappa shape index (κ2) is 7.51. The van der Waals surface area contributed by atoms with Crippen LogP contribution in [0.5, 0.6) is 11.5 Å². The van der Waals surface area contributed by atoms with E-state index in [2.05, 4.69) is 0 Å². The molecule has 0 atom stereocenters. The van der Waals surface area contributed by atoms with Gasteiger partial charge in [0, 0.05) is 6.54 Å². The van der Waals surface area contributed by atoms with Crippen molar-refractivity contribution in [3.05, 3.63) is 28.7 Å². The number of thioether (sulfide) groups is 1. The summed E-state index contributed by atoms with van der Waals surface area (Å²) in [6.07, 6.45) is 1.58. The maximum absolute atomic E-state index is 12.3. The van der Waals surface area contributed by atoms with E-state index in [1.807, 2.05) is 0 Å². The van der Waals surface area contributed by atoms with Crippen molar-refractivity contribution in [1.29, 1.82) is 0 Å². The second-order valence-corrected chi connectivity index (χ2v) is 8.03. The molecular weight excluding hydrogens is 374 g/mol. The molecule has 1 amide bonds. The molecule has 1 heterocycles. The fourth-order valence-corrected chi connectivity index (χ4v) is 3.66. The van der Waals surface area contributed by atoms with E-state index < -0.39 is 21.8 Å². The fourth-order valence-electron chi connectivity index (χ4n) is 1.94. The standard InChI is InChI=1S/C14H15NO6S3/c1-2-21-11-7-9(3-4-10(11)16)8-12-13(17)15(14(22)23-12)5-6-24(18,19)20/h3-4,7-8,16H,2,5-6H2,1H3,(H,18,19,20). The number of aromatic hydroxyl groups is 1. The highest BCUT2D eigenvalue weighted by molar-refractivity contribution is 8.26. The first-order valence-electron chi connectivity index (χ1n) is 6.87. The van der Waals surface area contributed by atoms with Gasteiger partial charge in [-0.3, -0.25) is 14.2 Å². The SMILES string of the molecule is CCOc1cc(C=C2SC(=S)N(CCS(=O)(=O)O)C2=O)ccc1O. The highest BCUT2D eigenvalue weighted by Crippen LogP contribution is 2.34. The Hall–Kier alpha value is -1.62. The first kappa shape index (κ1) is 18.7. The topological polar surface area (TPSA) is 104 Å². The molecule has 130 valence electrons. The Labute approximate surface area is 149 Å². The minimum Gasteiger partial charge on any atom is -0.504 e. The number of amides is 1. The zero-order valence-electron chi connectivity index (χ0n) is 12.6. The number of benzene rings is 1. The number of thiocarbonyl (C=S) groups is 1. The van der Waals surface area contributed by atoms with Gasteiger partial charge in [-0.25, -0.2) is 0 Å². The molecule has 1 aromatic carbocycles. The Balaban J connectivity index is 2.21. The molecule has 0 unspecified atom stereocenters. The van der Waals surface area contributed by atoms with Crippen molar-refractivity contribution in [3.8, 4) is 11.5 Å². The van der Waals surface area contributed by atoms with Crippen molar-refractivity contribution in [2.75, 3.05) is 18.9 Å². The lowest BCUT2D eigenvalue weighted by molar-refractivity contribution is -0.121. The molecule has 1 aliphatic heterocycles. The van der Waals surface area contributed by atoms with Crippen LogP contribution in [0.3, 0.4) is 0 Å². The third kappa shape index (κ3) is 4.69. The third-order valence-electron chi connectivity index (χ3n) is 3.03. The monoisotopic (exact) mass is 389 g/mol.